The van der Waals surface area contributed by atoms with Crippen LogP contribution in [0.2, 0.25) is 0 Å². The summed E-state index contributed by atoms with van der Waals surface area (Å²) < 4.78 is 5.63. The van der Waals surface area contributed by atoms with Crippen molar-refractivity contribution >= 4 is 29.9 Å². The van der Waals surface area contributed by atoms with E-state index < -0.39 is 0 Å². The molecule has 1 aromatic rings. The topological polar surface area (TPSA) is 84.6 Å². The summed E-state index contributed by atoms with van der Waals surface area (Å²) in [6.45, 7) is 11.5. The summed E-state index contributed by atoms with van der Waals surface area (Å²) in [7, 11) is 0. The second-order valence-electron chi connectivity index (χ2n) is 8.92. The molecule has 0 radical (unpaired) electrons. The number of likely N-dealkylation sites (tertiary alicyclic amines) is 1. The lowest BCUT2D eigenvalue weighted by Crippen LogP contribution is -2.38. The molecule has 30 heavy (non-hydrogen) atoms. The molecule has 1 fully saturated rings. The maximum absolute atomic E-state index is 12.6. The standard InChI is InChI=1S/C22H37N5O2.ClH/c1-4-5-12-29-22-24-20(23)18-13-19(28)27(21(18)25-22)11-7-9-17-8-6-10-26(15-17)14-16(2)3;/h16-17H,4-15H2,1-3H3,(H2,23,24,25);1H. The summed E-state index contributed by atoms with van der Waals surface area (Å²) in [5, 5.41) is 0. The molecule has 0 aliphatic carbocycles. The third-order valence-corrected chi connectivity index (χ3v) is 5.83. The number of fused-ring (bicyclic) bond motifs is 1. The Morgan fingerprint density at radius 3 is 2.80 bits per heavy atom. The number of anilines is 2. The molecule has 1 aromatic heterocycles. The van der Waals surface area contributed by atoms with E-state index in [0.29, 0.717) is 37.1 Å². The fourth-order valence-electron chi connectivity index (χ4n) is 4.44. The number of nitrogen functional groups attached to an aromatic ring is 1. The number of rotatable bonds is 10. The van der Waals surface area contributed by atoms with Crippen LogP contribution in [0.5, 0.6) is 6.01 Å². The van der Waals surface area contributed by atoms with Crippen molar-refractivity contribution in [1.82, 2.24) is 14.9 Å². The Kier molecular flexibility index (Phi) is 9.62. The summed E-state index contributed by atoms with van der Waals surface area (Å²) in [6, 6.07) is 0.283. The lowest BCUT2D eigenvalue weighted by molar-refractivity contribution is -0.117. The Hall–Kier alpha value is -1.60. The molecule has 1 unspecified atom stereocenters. The van der Waals surface area contributed by atoms with E-state index in [-0.39, 0.29) is 24.3 Å². The van der Waals surface area contributed by atoms with Crippen molar-refractivity contribution in [2.24, 2.45) is 11.8 Å². The number of carbonyl (C=O) groups excluding carboxylic acids is 1. The molecule has 8 heteroatoms. The van der Waals surface area contributed by atoms with Crippen LogP contribution in [-0.4, -0.2) is 53.6 Å². The van der Waals surface area contributed by atoms with Crippen LogP contribution in [-0.2, 0) is 11.2 Å². The molecule has 2 aliphatic heterocycles. The number of unbranched alkanes of at least 4 members (excludes halogenated alkanes) is 1. The molecule has 170 valence electrons. The molecular formula is C22H38ClN5O2. The summed E-state index contributed by atoms with van der Waals surface area (Å²) in [5.74, 6) is 2.53. The average Bonchev–Trinajstić information content (AvgIpc) is 2.98. The highest BCUT2D eigenvalue weighted by Crippen LogP contribution is 2.32. The number of hydrogen-bond acceptors (Lipinski definition) is 6. The van der Waals surface area contributed by atoms with Crippen LogP contribution in [0.4, 0.5) is 11.6 Å². The van der Waals surface area contributed by atoms with Crippen molar-refractivity contribution in [3.05, 3.63) is 5.56 Å². The van der Waals surface area contributed by atoms with Gasteiger partial charge in [0.1, 0.15) is 11.6 Å². The van der Waals surface area contributed by atoms with Gasteiger partial charge in [-0.3, -0.25) is 9.69 Å². The van der Waals surface area contributed by atoms with E-state index >= 15 is 0 Å². The number of carbonyl (C=O) groups is 1. The third-order valence-electron chi connectivity index (χ3n) is 5.83. The number of nitrogens with two attached hydrogens (primary N) is 1. The minimum absolute atomic E-state index is 0. The van der Waals surface area contributed by atoms with Gasteiger partial charge >= 0.3 is 6.01 Å². The van der Waals surface area contributed by atoms with Gasteiger partial charge in [0.25, 0.3) is 0 Å². The van der Waals surface area contributed by atoms with Crippen molar-refractivity contribution in [2.45, 2.75) is 65.7 Å². The second-order valence-corrected chi connectivity index (χ2v) is 8.92. The molecule has 3 rings (SSSR count). The zero-order chi connectivity index (χ0) is 20.8. The first kappa shape index (κ1) is 24.7. The molecule has 3 heterocycles. The van der Waals surface area contributed by atoms with Gasteiger partial charge in [-0.1, -0.05) is 27.2 Å². The third kappa shape index (κ3) is 6.45. The van der Waals surface area contributed by atoms with E-state index in [4.69, 9.17) is 10.5 Å². The highest BCUT2D eigenvalue weighted by molar-refractivity contribution is 6.01. The zero-order valence-electron chi connectivity index (χ0n) is 18.7. The number of hydrogen-bond donors (Lipinski definition) is 1. The van der Waals surface area contributed by atoms with E-state index in [1.54, 1.807) is 4.90 Å². The van der Waals surface area contributed by atoms with Gasteiger partial charge in [-0.15, -0.1) is 12.4 Å². The van der Waals surface area contributed by atoms with Gasteiger partial charge in [0.15, 0.2) is 0 Å². The first-order valence-electron chi connectivity index (χ1n) is 11.3. The predicted octanol–water partition coefficient (Wildman–Crippen LogP) is 3.70. The van der Waals surface area contributed by atoms with Crippen LogP contribution < -0.4 is 15.4 Å². The monoisotopic (exact) mass is 439 g/mol. The van der Waals surface area contributed by atoms with Gasteiger partial charge in [0.05, 0.1) is 13.0 Å². The highest BCUT2D eigenvalue weighted by atomic mass is 35.5. The van der Waals surface area contributed by atoms with Crippen LogP contribution in [0.25, 0.3) is 0 Å². The van der Waals surface area contributed by atoms with E-state index in [0.717, 1.165) is 37.2 Å². The lowest BCUT2D eigenvalue weighted by atomic mass is 9.93. The molecule has 2 N–H and O–H groups in total. The lowest BCUT2D eigenvalue weighted by Gasteiger charge is -2.34. The van der Waals surface area contributed by atoms with Crippen LogP contribution in [0.1, 0.15) is 64.9 Å². The number of halogens is 1. The van der Waals surface area contributed by atoms with Crippen molar-refractivity contribution in [3.8, 4) is 6.01 Å². The Bertz CT molecular complexity index is 700. The Balaban J connectivity index is 0.00000320. The summed E-state index contributed by atoms with van der Waals surface area (Å²) >= 11 is 0. The number of ether oxygens (including phenoxy) is 1. The van der Waals surface area contributed by atoms with Crippen molar-refractivity contribution in [3.63, 3.8) is 0 Å². The molecule has 2 aliphatic rings. The van der Waals surface area contributed by atoms with E-state index in [1.165, 1.54) is 32.5 Å². The molecular weight excluding hydrogens is 402 g/mol. The van der Waals surface area contributed by atoms with Crippen LogP contribution in [0, 0.1) is 11.8 Å². The minimum atomic E-state index is 0. The van der Waals surface area contributed by atoms with Gasteiger partial charge in [-0.2, -0.15) is 9.97 Å². The largest absolute Gasteiger partial charge is 0.463 e. The van der Waals surface area contributed by atoms with Gasteiger partial charge in [0, 0.05) is 25.2 Å². The van der Waals surface area contributed by atoms with Crippen molar-refractivity contribution in [1.29, 1.82) is 0 Å². The molecule has 0 bridgehead atoms. The second kappa shape index (κ2) is 11.7. The maximum atomic E-state index is 12.6. The fourth-order valence-corrected chi connectivity index (χ4v) is 4.44. The zero-order valence-corrected chi connectivity index (χ0v) is 19.5. The normalized spacial score (nSPS) is 19.1. The van der Waals surface area contributed by atoms with Gasteiger partial charge < -0.3 is 15.4 Å². The quantitative estimate of drug-likeness (QED) is 0.559. The molecule has 1 atom stereocenters. The van der Waals surface area contributed by atoms with Crippen LogP contribution in [0.15, 0.2) is 0 Å². The van der Waals surface area contributed by atoms with Crippen molar-refractivity contribution in [2.75, 3.05) is 43.4 Å². The summed E-state index contributed by atoms with van der Waals surface area (Å²) in [4.78, 5) is 25.7. The highest BCUT2D eigenvalue weighted by Gasteiger charge is 2.32. The predicted molar refractivity (Wildman–Crippen MR) is 123 cm³/mol. The maximum Gasteiger partial charge on any atom is 0.320 e. The Morgan fingerprint density at radius 2 is 2.07 bits per heavy atom. The van der Waals surface area contributed by atoms with E-state index in [2.05, 4.69) is 35.6 Å². The number of aromatic nitrogens is 2. The van der Waals surface area contributed by atoms with Gasteiger partial charge in [-0.25, -0.2) is 0 Å². The van der Waals surface area contributed by atoms with Gasteiger partial charge in [-0.05, 0) is 50.5 Å². The smallest absolute Gasteiger partial charge is 0.320 e. The molecule has 0 spiro atoms. The number of nitrogens with zero attached hydrogens (tertiary/aromatic N) is 4. The Labute approximate surface area is 187 Å². The van der Waals surface area contributed by atoms with Crippen molar-refractivity contribution < 1.29 is 9.53 Å². The molecule has 1 saturated heterocycles. The first-order valence-corrected chi connectivity index (χ1v) is 11.3. The van der Waals surface area contributed by atoms with Crippen LogP contribution >= 0.6 is 12.4 Å². The Morgan fingerprint density at radius 1 is 1.27 bits per heavy atom. The molecule has 0 saturated carbocycles. The molecule has 7 nitrogen and oxygen atoms in total. The summed E-state index contributed by atoms with van der Waals surface area (Å²) in [5.41, 5.74) is 6.84. The molecule has 1 amide bonds. The molecule has 0 aromatic carbocycles. The summed E-state index contributed by atoms with van der Waals surface area (Å²) in [6.07, 6.45) is 6.99. The SMILES string of the molecule is CCCCOc1nc(N)c2c(n1)N(CCCC1CCCN(CC(C)C)C1)C(=O)C2.Cl. The van der Waals surface area contributed by atoms with E-state index in [9.17, 15) is 4.79 Å². The van der Waals surface area contributed by atoms with Gasteiger partial charge in [0.2, 0.25) is 5.91 Å². The first-order chi connectivity index (χ1) is 14.0. The number of amides is 1. The van der Waals surface area contributed by atoms with Crippen LogP contribution in [0.3, 0.4) is 0 Å². The van der Waals surface area contributed by atoms with E-state index in [1.807, 2.05) is 0 Å². The average molecular weight is 440 g/mol. The number of piperidine rings is 1. The minimum Gasteiger partial charge on any atom is -0.463 e. The fraction of sp³-hybridized carbons (Fsp3) is 0.773.